The average Bonchev–Trinajstić information content (AvgIpc) is 3.11. The zero-order chi connectivity index (χ0) is 14.8. The molecule has 2 aliphatic rings. The summed E-state index contributed by atoms with van der Waals surface area (Å²) in [7, 11) is 0. The van der Waals surface area contributed by atoms with Gasteiger partial charge in [0.05, 0.1) is 0 Å². The van der Waals surface area contributed by atoms with E-state index in [-0.39, 0.29) is 5.91 Å². The number of hydrogen-bond acceptors (Lipinski definition) is 2. The number of amides is 1. The third-order valence-corrected chi connectivity index (χ3v) is 5.32. The van der Waals surface area contributed by atoms with Crippen LogP contribution in [-0.4, -0.2) is 18.5 Å². The Morgan fingerprint density at radius 3 is 2.57 bits per heavy atom. The summed E-state index contributed by atoms with van der Waals surface area (Å²) in [5, 5.41) is 6.46. The third-order valence-electron chi connectivity index (χ3n) is 5.32. The van der Waals surface area contributed by atoms with E-state index in [1.54, 1.807) is 0 Å². The molecule has 0 heterocycles. The first-order chi connectivity index (χ1) is 10.2. The molecule has 0 aliphatic heterocycles. The molecule has 0 radical (unpaired) electrons. The van der Waals surface area contributed by atoms with Crippen LogP contribution in [0.5, 0.6) is 0 Å². The molecule has 114 valence electrons. The first-order valence-electron chi connectivity index (χ1n) is 8.32. The van der Waals surface area contributed by atoms with E-state index in [1.165, 1.54) is 25.7 Å². The number of carbonyl (C=O) groups excluding carboxylic acids is 1. The van der Waals surface area contributed by atoms with Crippen molar-refractivity contribution in [1.82, 2.24) is 5.32 Å². The fourth-order valence-corrected chi connectivity index (χ4v) is 4.25. The number of anilines is 1. The molecule has 2 N–H and O–H groups in total. The van der Waals surface area contributed by atoms with E-state index in [1.807, 2.05) is 24.3 Å². The molecule has 2 saturated carbocycles. The van der Waals surface area contributed by atoms with Gasteiger partial charge in [0, 0.05) is 23.8 Å². The van der Waals surface area contributed by atoms with E-state index >= 15 is 0 Å². The third kappa shape index (κ3) is 3.07. The van der Waals surface area contributed by atoms with Gasteiger partial charge in [0.15, 0.2) is 0 Å². The van der Waals surface area contributed by atoms with Gasteiger partial charge in [-0.2, -0.15) is 0 Å². The number of benzene rings is 1. The van der Waals surface area contributed by atoms with Gasteiger partial charge in [-0.15, -0.1) is 0 Å². The normalized spacial score (nSPS) is 28.4. The Morgan fingerprint density at radius 1 is 1.24 bits per heavy atom. The van der Waals surface area contributed by atoms with Crippen LogP contribution in [0.3, 0.4) is 0 Å². The molecule has 0 spiro atoms. The second kappa shape index (κ2) is 6.08. The Hall–Kier alpha value is -1.51. The van der Waals surface area contributed by atoms with Crippen molar-refractivity contribution in [2.24, 2.45) is 17.8 Å². The van der Waals surface area contributed by atoms with Crippen molar-refractivity contribution in [3.8, 4) is 0 Å². The molecule has 2 bridgehead atoms. The van der Waals surface area contributed by atoms with E-state index < -0.39 is 0 Å². The van der Waals surface area contributed by atoms with E-state index in [4.69, 9.17) is 0 Å². The van der Waals surface area contributed by atoms with Crippen LogP contribution in [0.1, 0.15) is 49.9 Å². The molecule has 1 aromatic carbocycles. The van der Waals surface area contributed by atoms with E-state index in [2.05, 4.69) is 24.5 Å². The van der Waals surface area contributed by atoms with Crippen molar-refractivity contribution in [1.29, 1.82) is 0 Å². The lowest BCUT2D eigenvalue weighted by atomic mass is 9.84. The summed E-state index contributed by atoms with van der Waals surface area (Å²) in [5.41, 5.74) is 1.82. The zero-order valence-electron chi connectivity index (χ0n) is 13.1. The van der Waals surface area contributed by atoms with Crippen LogP contribution in [-0.2, 0) is 0 Å². The Kier molecular flexibility index (Phi) is 4.18. The van der Waals surface area contributed by atoms with Gasteiger partial charge in [-0.1, -0.05) is 6.42 Å². The Labute approximate surface area is 127 Å². The smallest absolute Gasteiger partial charge is 0.251 e. The minimum absolute atomic E-state index is 0.0633. The summed E-state index contributed by atoms with van der Waals surface area (Å²) in [6, 6.07) is 8.05. The first-order valence-corrected chi connectivity index (χ1v) is 8.32. The lowest BCUT2D eigenvalue weighted by Crippen LogP contribution is -2.40. The van der Waals surface area contributed by atoms with Crippen LogP contribution in [0, 0.1) is 17.8 Å². The molecular formula is C18H26N2O. The number of fused-ring (bicyclic) bond motifs is 2. The van der Waals surface area contributed by atoms with Gasteiger partial charge in [0.25, 0.3) is 5.91 Å². The highest BCUT2D eigenvalue weighted by Gasteiger charge is 2.42. The summed E-state index contributed by atoms with van der Waals surface area (Å²) < 4.78 is 0. The van der Waals surface area contributed by atoms with Gasteiger partial charge in [-0.25, -0.2) is 0 Å². The van der Waals surface area contributed by atoms with Gasteiger partial charge >= 0.3 is 0 Å². The maximum atomic E-state index is 12.4. The molecule has 21 heavy (non-hydrogen) atoms. The zero-order valence-corrected chi connectivity index (χ0v) is 13.1. The first kappa shape index (κ1) is 14.4. The summed E-state index contributed by atoms with van der Waals surface area (Å²) >= 11 is 0. The molecular weight excluding hydrogens is 260 g/mol. The monoisotopic (exact) mass is 286 g/mol. The molecule has 4 unspecified atom stereocenters. The molecule has 3 heteroatoms. The molecule has 3 nitrogen and oxygen atoms in total. The predicted octanol–water partition coefficient (Wildman–Crippen LogP) is 3.67. The molecule has 4 atom stereocenters. The quantitative estimate of drug-likeness (QED) is 0.867. The molecule has 1 amide bonds. The van der Waals surface area contributed by atoms with Gasteiger partial charge in [-0.05, 0) is 75.1 Å². The minimum Gasteiger partial charge on any atom is -0.385 e. The van der Waals surface area contributed by atoms with Crippen LogP contribution in [0.25, 0.3) is 0 Å². The standard InChI is InChI=1S/C18H26N2O/c1-3-19-16-8-6-14(7-9-16)18(21)20-12(2)17-11-13-4-5-15(17)10-13/h6-9,12-13,15,17,19H,3-5,10-11H2,1-2H3,(H,20,21). The summed E-state index contributed by atoms with van der Waals surface area (Å²) in [5.74, 6) is 2.53. The van der Waals surface area contributed by atoms with Crippen molar-refractivity contribution in [2.75, 3.05) is 11.9 Å². The highest BCUT2D eigenvalue weighted by molar-refractivity contribution is 5.94. The second-order valence-electron chi connectivity index (χ2n) is 6.71. The van der Waals surface area contributed by atoms with Crippen LogP contribution in [0.2, 0.25) is 0 Å². The van der Waals surface area contributed by atoms with Crippen molar-refractivity contribution in [3.05, 3.63) is 29.8 Å². The minimum atomic E-state index is 0.0633. The SMILES string of the molecule is CCNc1ccc(C(=O)NC(C)C2CC3CCC2C3)cc1. The highest BCUT2D eigenvalue weighted by atomic mass is 16.1. The van der Waals surface area contributed by atoms with Crippen molar-refractivity contribution in [3.63, 3.8) is 0 Å². The Bertz CT molecular complexity index is 496. The summed E-state index contributed by atoms with van der Waals surface area (Å²) in [4.78, 5) is 12.4. The largest absolute Gasteiger partial charge is 0.385 e. The maximum Gasteiger partial charge on any atom is 0.251 e. The van der Waals surface area contributed by atoms with Crippen LogP contribution >= 0.6 is 0 Å². The number of rotatable bonds is 5. The Morgan fingerprint density at radius 2 is 2.00 bits per heavy atom. The van der Waals surface area contributed by atoms with Crippen LogP contribution in [0.4, 0.5) is 5.69 Å². The van der Waals surface area contributed by atoms with Crippen LogP contribution < -0.4 is 10.6 Å². The molecule has 1 aromatic rings. The Balaban J connectivity index is 1.58. The van der Waals surface area contributed by atoms with Crippen molar-refractivity contribution >= 4 is 11.6 Å². The molecule has 2 fully saturated rings. The fraction of sp³-hybridized carbons (Fsp3) is 0.611. The average molecular weight is 286 g/mol. The van der Waals surface area contributed by atoms with Crippen molar-refractivity contribution in [2.45, 2.75) is 45.6 Å². The number of nitrogens with one attached hydrogen (secondary N) is 2. The molecule has 0 aromatic heterocycles. The summed E-state index contributed by atoms with van der Waals surface area (Å²) in [6.07, 6.45) is 5.48. The van der Waals surface area contributed by atoms with E-state index in [0.717, 1.165) is 29.6 Å². The van der Waals surface area contributed by atoms with Gasteiger partial charge in [0.1, 0.15) is 0 Å². The highest BCUT2D eigenvalue weighted by Crippen LogP contribution is 2.49. The molecule has 0 saturated heterocycles. The summed E-state index contributed by atoms with van der Waals surface area (Å²) in [6.45, 7) is 5.14. The molecule has 2 aliphatic carbocycles. The van der Waals surface area contributed by atoms with Gasteiger partial charge < -0.3 is 10.6 Å². The van der Waals surface area contributed by atoms with Gasteiger partial charge in [-0.3, -0.25) is 4.79 Å². The fourth-order valence-electron chi connectivity index (χ4n) is 4.25. The lowest BCUT2D eigenvalue weighted by Gasteiger charge is -2.28. The molecule has 3 rings (SSSR count). The lowest BCUT2D eigenvalue weighted by molar-refractivity contribution is 0.0915. The van der Waals surface area contributed by atoms with Crippen LogP contribution in [0.15, 0.2) is 24.3 Å². The maximum absolute atomic E-state index is 12.4. The van der Waals surface area contributed by atoms with Crippen molar-refractivity contribution < 1.29 is 4.79 Å². The predicted molar refractivity (Wildman–Crippen MR) is 86.5 cm³/mol. The number of carbonyl (C=O) groups is 1. The van der Waals surface area contributed by atoms with E-state index in [9.17, 15) is 4.79 Å². The topological polar surface area (TPSA) is 41.1 Å². The second-order valence-corrected chi connectivity index (χ2v) is 6.71. The van der Waals surface area contributed by atoms with E-state index in [0.29, 0.717) is 12.0 Å². The van der Waals surface area contributed by atoms with Gasteiger partial charge in [0.2, 0.25) is 0 Å². The number of hydrogen-bond donors (Lipinski definition) is 2.